The molecule has 3 rings (SSSR count). The molecule has 1 heterocycles. The number of amides is 2. The highest BCUT2D eigenvalue weighted by Gasteiger charge is 2.86. The topological polar surface area (TPSA) is 80.8 Å². The van der Waals surface area contributed by atoms with E-state index < -0.39 is 73.9 Å². The number of alkyl halides is 9. The zero-order chi connectivity index (χ0) is 22.4. The number of rotatable bonds is 5. The van der Waals surface area contributed by atoms with E-state index >= 15 is 0 Å². The van der Waals surface area contributed by atoms with Crippen LogP contribution < -0.4 is 0 Å². The third-order valence-electron chi connectivity index (χ3n) is 5.03. The summed E-state index contributed by atoms with van der Waals surface area (Å²) in [6, 6.07) is 0. The Balaban J connectivity index is 1.91. The molecular weight excluding hydrogens is 453 g/mol. The lowest BCUT2D eigenvalue weighted by molar-refractivity contribution is -0.383. The molecule has 2 fully saturated rings. The van der Waals surface area contributed by atoms with Crippen LogP contribution >= 0.6 is 0 Å². The fourth-order valence-electron chi connectivity index (χ4n) is 3.61. The van der Waals surface area contributed by atoms with E-state index in [1.165, 1.54) is 12.2 Å². The number of hydroxylamine groups is 2. The highest BCUT2D eigenvalue weighted by molar-refractivity contribution is 7.87. The van der Waals surface area contributed by atoms with Crippen LogP contribution in [0.2, 0.25) is 0 Å². The average Bonchev–Trinajstić information content (AvgIpc) is 3.23. The van der Waals surface area contributed by atoms with Crippen molar-refractivity contribution in [2.24, 2.45) is 23.7 Å². The molecule has 0 N–H and O–H groups in total. The maximum Gasteiger partial charge on any atom is 0.460 e. The van der Waals surface area contributed by atoms with Crippen molar-refractivity contribution < 1.29 is 61.8 Å². The summed E-state index contributed by atoms with van der Waals surface area (Å²) in [5.41, 5.74) is 0. The lowest BCUT2D eigenvalue weighted by Crippen LogP contribution is -2.64. The second kappa shape index (κ2) is 5.86. The Bertz CT molecular complexity index is 867. The summed E-state index contributed by atoms with van der Waals surface area (Å²) in [6.45, 7) is 0. The van der Waals surface area contributed by atoms with Crippen molar-refractivity contribution in [1.29, 1.82) is 0 Å². The third kappa shape index (κ3) is 2.63. The van der Waals surface area contributed by atoms with Gasteiger partial charge in [-0.05, 0) is 18.3 Å². The first-order valence-corrected chi connectivity index (χ1v) is 9.00. The molecule has 0 unspecified atom stereocenters. The standard InChI is InChI=1S/C13H8F9NO5S/c14-10(15,12(18,19)20)11(16,17)13(21,22)29(26,27)28-23-8(24)6-4-1-2-5(3-4)7(6)9(23)25/h1-2,4-7H,3H2/t4-,5+,6-,7+. The van der Waals surface area contributed by atoms with Crippen molar-refractivity contribution in [2.75, 3.05) is 0 Å². The molecule has 0 radical (unpaired) electrons. The Labute approximate surface area is 155 Å². The van der Waals surface area contributed by atoms with Gasteiger partial charge in [-0.1, -0.05) is 12.2 Å². The van der Waals surface area contributed by atoms with Gasteiger partial charge in [-0.3, -0.25) is 9.59 Å². The quantitative estimate of drug-likeness (QED) is 0.357. The molecule has 1 saturated carbocycles. The molecule has 3 aliphatic rings. The second-order valence-corrected chi connectivity index (χ2v) is 8.23. The van der Waals surface area contributed by atoms with Gasteiger partial charge in [-0.25, -0.2) is 0 Å². The second-order valence-electron chi connectivity index (χ2n) is 6.66. The number of fused-ring (bicyclic) bond motifs is 5. The van der Waals surface area contributed by atoms with Crippen molar-refractivity contribution in [1.82, 2.24) is 5.06 Å². The van der Waals surface area contributed by atoms with Crippen LogP contribution in [0.15, 0.2) is 12.2 Å². The van der Waals surface area contributed by atoms with Gasteiger partial charge in [0.05, 0.1) is 11.8 Å². The van der Waals surface area contributed by atoms with E-state index in [2.05, 4.69) is 4.28 Å². The van der Waals surface area contributed by atoms with Crippen LogP contribution in [0.3, 0.4) is 0 Å². The minimum atomic E-state index is -7.53. The van der Waals surface area contributed by atoms with E-state index in [-0.39, 0.29) is 0 Å². The monoisotopic (exact) mass is 461 g/mol. The number of carbonyl (C=O) groups excluding carboxylic acids is 2. The third-order valence-corrected chi connectivity index (χ3v) is 6.26. The molecule has 4 atom stereocenters. The molecule has 1 aliphatic heterocycles. The Morgan fingerprint density at radius 1 is 0.828 bits per heavy atom. The molecule has 164 valence electrons. The average molecular weight is 461 g/mol. The SMILES string of the molecule is O=C1[C@@H]2[C@H](C(=O)N1OS(=O)(=O)C(F)(F)C(F)(F)C(F)(F)C(F)(F)F)[C@@H]1C=C[C@H]2C1. The number of allylic oxidation sites excluding steroid dienone is 2. The number of carbonyl (C=O) groups is 2. The van der Waals surface area contributed by atoms with Crippen LogP contribution in [0, 0.1) is 23.7 Å². The van der Waals surface area contributed by atoms with E-state index in [1.54, 1.807) is 0 Å². The smallest absolute Gasteiger partial charge is 0.272 e. The van der Waals surface area contributed by atoms with Crippen LogP contribution in [0.4, 0.5) is 39.5 Å². The van der Waals surface area contributed by atoms with Crippen molar-refractivity contribution in [3.63, 3.8) is 0 Å². The Hall–Kier alpha value is -1.84. The van der Waals surface area contributed by atoms with Crippen LogP contribution in [0.5, 0.6) is 0 Å². The van der Waals surface area contributed by atoms with Crippen LogP contribution in [-0.4, -0.2) is 48.6 Å². The highest BCUT2D eigenvalue weighted by Crippen LogP contribution is 2.56. The van der Waals surface area contributed by atoms with Gasteiger partial charge in [0.1, 0.15) is 0 Å². The van der Waals surface area contributed by atoms with Gasteiger partial charge in [0.15, 0.2) is 0 Å². The minimum Gasteiger partial charge on any atom is -0.272 e. The van der Waals surface area contributed by atoms with Gasteiger partial charge >= 0.3 is 33.4 Å². The molecule has 0 aromatic carbocycles. The number of halogens is 9. The molecule has 2 bridgehead atoms. The molecule has 6 nitrogen and oxygen atoms in total. The van der Waals surface area contributed by atoms with Crippen LogP contribution in [-0.2, 0) is 24.0 Å². The Morgan fingerprint density at radius 3 is 1.62 bits per heavy atom. The van der Waals surface area contributed by atoms with Crippen molar-refractivity contribution in [2.45, 2.75) is 29.7 Å². The van der Waals surface area contributed by atoms with Crippen molar-refractivity contribution >= 4 is 21.9 Å². The fraction of sp³-hybridized carbons (Fsp3) is 0.692. The van der Waals surface area contributed by atoms with Crippen LogP contribution in [0.1, 0.15) is 6.42 Å². The summed E-state index contributed by atoms with van der Waals surface area (Å²) in [4.78, 5) is 24.2. The summed E-state index contributed by atoms with van der Waals surface area (Å²) in [6.07, 6.45) is -4.01. The maximum absolute atomic E-state index is 13.7. The van der Waals surface area contributed by atoms with E-state index in [4.69, 9.17) is 0 Å². The lowest BCUT2D eigenvalue weighted by atomic mass is 9.85. The number of nitrogens with zero attached hydrogens (tertiary/aromatic N) is 1. The predicted octanol–water partition coefficient (Wildman–Crippen LogP) is 2.48. The summed E-state index contributed by atoms with van der Waals surface area (Å²) in [5.74, 6) is -21.7. The first kappa shape index (κ1) is 21.9. The maximum atomic E-state index is 13.7. The zero-order valence-corrected chi connectivity index (χ0v) is 14.3. The van der Waals surface area contributed by atoms with E-state index in [0.717, 1.165) is 0 Å². The van der Waals surface area contributed by atoms with Crippen molar-refractivity contribution in [3.05, 3.63) is 12.2 Å². The molecule has 2 amide bonds. The lowest BCUT2D eigenvalue weighted by Gasteiger charge is -2.32. The number of hydrogen-bond donors (Lipinski definition) is 0. The van der Waals surface area contributed by atoms with Gasteiger partial charge in [-0.15, -0.1) is 9.35 Å². The van der Waals surface area contributed by atoms with Gasteiger partial charge in [-0.2, -0.15) is 47.9 Å². The molecule has 1 saturated heterocycles. The molecule has 2 aliphatic carbocycles. The molecule has 0 aromatic heterocycles. The predicted molar refractivity (Wildman–Crippen MR) is 70.5 cm³/mol. The summed E-state index contributed by atoms with van der Waals surface area (Å²) in [5, 5.41) is -7.96. The first-order chi connectivity index (χ1) is 12.9. The van der Waals surface area contributed by atoms with E-state index in [0.29, 0.717) is 6.42 Å². The van der Waals surface area contributed by atoms with E-state index in [1.807, 2.05) is 0 Å². The van der Waals surface area contributed by atoms with Gasteiger partial charge in [0.2, 0.25) is 0 Å². The minimum absolute atomic E-state index is 0.291. The zero-order valence-electron chi connectivity index (χ0n) is 13.5. The molecular formula is C13H8F9NO5S. The highest BCUT2D eigenvalue weighted by atomic mass is 32.2. The number of imide groups is 1. The van der Waals surface area contributed by atoms with Crippen molar-refractivity contribution in [3.8, 4) is 0 Å². The number of hydrogen-bond acceptors (Lipinski definition) is 5. The summed E-state index contributed by atoms with van der Waals surface area (Å²) in [7, 11) is -7.36. The first-order valence-electron chi connectivity index (χ1n) is 7.59. The Morgan fingerprint density at radius 2 is 1.24 bits per heavy atom. The van der Waals surface area contributed by atoms with Gasteiger partial charge < -0.3 is 0 Å². The summed E-state index contributed by atoms with van der Waals surface area (Å²) < 4.78 is 142. The summed E-state index contributed by atoms with van der Waals surface area (Å²) >= 11 is 0. The molecule has 16 heteroatoms. The molecule has 0 aromatic rings. The molecule has 29 heavy (non-hydrogen) atoms. The normalized spacial score (nSPS) is 30.4. The van der Waals surface area contributed by atoms with Gasteiger partial charge in [0, 0.05) is 0 Å². The van der Waals surface area contributed by atoms with E-state index in [9.17, 15) is 57.5 Å². The Kier molecular flexibility index (Phi) is 4.42. The largest absolute Gasteiger partial charge is 0.460 e. The fourth-order valence-corrected chi connectivity index (χ4v) is 4.49. The van der Waals surface area contributed by atoms with Crippen LogP contribution in [0.25, 0.3) is 0 Å². The van der Waals surface area contributed by atoms with Gasteiger partial charge in [0.25, 0.3) is 11.8 Å². The molecule has 0 spiro atoms.